The molecular weight excluding hydrogens is 332 g/mol. The highest BCUT2D eigenvalue weighted by Gasteiger charge is 2.25. The van der Waals surface area contributed by atoms with Crippen LogP contribution in [0.1, 0.15) is 36.8 Å². The van der Waals surface area contributed by atoms with Crippen LogP contribution in [0.25, 0.3) is 0 Å². The first-order chi connectivity index (χ1) is 9.22. The molecule has 0 saturated carbocycles. The average Bonchev–Trinajstić information content (AvgIpc) is 2.69. The summed E-state index contributed by atoms with van der Waals surface area (Å²) in [5.41, 5.74) is 0.267. The molecule has 0 unspecified atom stereocenters. The van der Waals surface area contributed by atoms with Crippen LogP contribution in [0.4, 0.5) is 0 Å². The monoisotopic (exact) mass is 346 g/mol. The molecule has 0 aliphatic carbocycles. The molecule has 0 spiro atoms. The van der Waals surface area contributed by atoms with Crippen molar-refractivity contribution >= 4 is 33.8 Å². The normalized spacial score (nSPS) is 12.2. The predicted octanol–water partition coefficient (Wildman–Crippen LogP) is 1.49. The van der Waals surface area contributed by atoms with E-state index in [-0.39, 0.29) is 11.7 Å². The molecule has 1 aromatic rings. The summed E-state index contributed by atoms with van der Waals surface area (Å²) in [4.78, 5) is 33.6. The van der Waals surface area contributed by atoms with E-state index in [4.69, 9.17) is 10.2 Å². The number of carboxylic acids is 2. The quantitative estimate of drug-likeness (QED) is 0.722. The molecule has 1 aromatic heterocycles. The number of hydrogen-bond donors (Lipinski definition) is 3. The van der Waals surface area contributed by atoms with Crippen molar-refractivity contribution in [1.29, 1.82) is 0 Å². The van der Waals surface area contributed by atoms with Gasteiger partial charge >= 0.3 is 11.9 Å². The SMILES string of the molecule is CC(C)n1cc(Br)cc1C(=O)N[C@H](CC(=O)O)C(=O)O. The molecule has 0 radical (unpaired) electrons. The molecular formula is C12H15BrN2O5. The maximum Gasteiger partial charge on any atom is 0.326 e. The number of carbonyl (C=O) groups excluding carboxylic acids is 1. The lowest BCUT2D eigenvalue weighted by molar-refractivity contribution is -0.145. The Kier molecular flexibility index (Phi) is 5.32. The number of halogens is 1. The lowest BCUT2D eigenvalue weighted by Crippen LogP contribution is -2.42. The molecule has 110 valence electrons. The van der Waals surface area contributed by atoms with Crippen molar-refractivity contribution in [1.82, 2.24) is 9.88 Å². The van der Waals surface area contributed by atoms with E-state index in [0.29, 0.717) is 4.47 Å². The van der Waals surface area contributed by atoms with E-state index in [0.717, 1.165) is 0 Å². The molecule has 8 heteroatoms. The van der Waals surface area contributed by atoms with E-state index in [1.807, 2.05) is 13.8 Å². The van der Waals surface area contributed by atoms with Gasteiger partial charge in [-0.1, -0.05) is 0 Å². The van der Waals surface area contributed by atoms with E-state index in [1.165, 1.54) is 0 Å². The third kappa shape index (κ3) is 4.09. The van der Waals surface area contributed by atoms with E-state index in [9.17, 15) is 14.4 Å². The summed E-state index contributed by atoms with van der Waals surface area (Å²) < 4.78 is 2.35. The van der Waals surface area contributed by atoms with Gasteiger partial charge in [0.05, 0.1) is 6.42 Å². The van der Waals surface area contributed by atoms with Crippen LogP contribution in [-0.2, 0) is 9.59 Å². The molecule has 0 fully saturated rings. The first-order valence-corrected chi connectivity index (χ1v) is 6.64. The van der Waals surface area contributed by atoms with E-state index < -0.39 is 30.3 Å². The molecule has 20 heavy (non-hydrogen) atoms. The van der Waals surface area contributed by atoms with Crippen molar-refractivity contribution in [2.45, 2.75) is 32.4 Å². The van der Waals surface area contributed by atoms with Crippen LogP contribution in [0.2, 0.25) is 0 Å². The number of aromatic nitrogens is 1. The van der Waals surface area contributed by atoms with E-state index >= 15 is 0 Å². The van der Waals surface area contributed by atoms with Crippen LogP contribution in [-0.4, -0.2) is 38.7 Å². The number of hydrogen-bond acceptors (Lipinski definition) is 3. The van der Waals surface area contributed by atoms with Gasteiger partial charge in [0, 0.05) is 16.7 Å². The number of rotatable bonds is 6. The standard InChI is InChI=1S/C12H15BrN2O5/c1-6(2)15-5-7(13)3-9(15)11(18)14-8(12(19)20)4-10(16)17/h3,5-6,8H,4H2,1-2H3,(H,14,18)(H,16,17)(H,19,20)/t8-/m1/s1. The van der Waals surface area contributed by atoms with Crippen LogP contribution < -0.4 is 5.32 Å². The molecule has 0 saturated heterocycles. The van der Waals surface area contributed by atoms with Gasteiger partial charge in [0.15, 0.2) is 0 Å². The number of nitrogens with one attached hydrogen (secondary N) is 1. The lowest BCUT2D eigenvalue weighted by atomic mass is 10.2. The molecule has 3 N–H and O–H groups in total. The lowest BCUT2D eigenvalue weighted by Gasteiger charge is -2.15. The number of carboxylic acid groups (broad SMARTS) is 2. The summed E-state index contributed by atoms with van der Waals surface area (Å²) in [6.07, 6.45) is 1.02. The number of nitrogens with zero attached hydrogens (tertiary/aromatic N) is 1. The van der Waals surface area contributed by atoms with Crippen molar-refractivity contribution < 1.29 is 24.6 Å². The van der Waals surface area contributed by atoms with Crippen LogP contribution in [0.5, 0.6) is 0 Å². The van der Waals surface area contributed by atoms with Crippen molar-refractivity contribution in [3.05, 3.63) is 22.4 Å². The van der Waals surface area contributed by atoms with E-state index in [1.54, 1.807) is 16.8 Å². The zero-order chi connectivity index (χ0) is 15.4. The predicted molar refractivity (Wildman–Crippen MR) is 73.7 cm³/mol. The Balaban J connectivity index is 2.94. The number of carbonyl (C=O) groups is 3. The summed E-state index contributed by atoms with van der Waals surface area (Å²) in [6.45, 7) is 3.74. The highest BCUT2D eigenvalue weighted by atomic mass is 79.9. The molecule has 1 rings (SSSR count). The van der Waals surface area contributed by atoms with Crippen molar-refractivity contribution in [2.75, 3.05) is 0 Å². The Labute approximate surface area is 123 Å². The van der Waals surface area contributed by atoms with Gasteiger partial charge in [0.25, 0.3) is 5.91 Å². The van der Waals surface area contributed by atoms with Gasteiger partial charge in [0.2, 0.25) is 0 Å². The molecule has 1 heterocycles. The van der Waals surface area contributed by atoms with Crippen LogP contribution in [0, 0.1) is 0 Å². The first kappa shape index (κ1) is 16.2. The Morgan fingerprint density at radius 3 is 2.40 bits per heavy atom. The summed E-state index contributed by atoms with van der Waals surface area (Å²) >= 11 is 3.24. The second-order valence-electron chi connectivity index (χ2n) is 4.51. The molecule has 0 aliphatic rings. The van der Waals surface area contributed by atoms with Crippen LogP contribution in [0.15, 0.2) is 16.7 Å². The Morgan fingerprint density at radius 2 is 1.95 bits per heavy atom. The smallest absolute Gasteiger partial charge is 0.326 e. The van der Waals surface area contributed by atoms with Crippen LogP contribution >= 0.6 is 15.9 Å². The molecule has 1 atom stereocenters. The van der Waals surface area contributed by atoms with Gasteiger partial charge in [-0.25, -0.2) is 4.79 Å². The summed E-state index contributed by atoms with van der Waals surface area (Å²) in [7, 11) is 0. The fraction of sp³-hybridized carbons (Fsp3) is 0.417. The highest BCUT2D eigenvalue weighted by Crippen LogP contribution is 2.19. The topological polar surface area (TPSA) is 109 Å². The van der Waals surface area contributed by atoms with Crippen molar-refractivity contribution in [3.63, 3.8) is 0 Å². The van der Waals surface area contributed by atoms with Gasteiger partial charge in [-0.05, 0) is 35.8 Å². The largest absolute Gasteiger partial charge is 0.481 e. The zero-order valence-electron chi connectivity index (χ0n) is 11.0. The zero-order valence-corrected chi connectivity index (χ0v) is 12.5. The van der Waals surface area contributed by atoms with Crippen molar-refractivity contribution in [3.8, 4) is 0 Å². The Bertz CT molecular complexity index is 538. The minimum atomic E-state index is -1.46. The molecule has 0 aromatic carbocycles. The summed E-state index contributed by atoms with van der Waals surface area (Å²) in [5.74, 6) is -3.31. The maximum absolute atomic E-state index is 12.1. The summed E-state index contributed by atoms with van der Waals surface area (Å²) in [5, 5.41) is 19.8. The van der Waals surface area contributed by atoms with Crippen LogP contribution in [0.3, 0.4) is 0 Å². The summed E-state index contributed by atoms with van der Waals surface area (Å²) in [6, 6.07) is 0.0914. The van der Waals surface area contributed by atoms with Gasteiger partial charge in [0.1, 0.15) is 11.7 Å². The third-order valence-electron chi connectivity index (χ3n) is 2.59. The fourth-order valence-corrected chi connectivity index (χ4v) is 2.10. The molecule has 1 amide bonds. The molecule has 0 bridgehead atoms. The van der Waals surface area contributed by atoms with E-state index in [2.05, 4.69) is 21.2 Å². The second kappa shape index (κ2) is 6.56. The Hall–Kier alpha value is -1.83. The van der Waals surface area contributed by atoms with Gasteiger partial charge in [-0.2, -0.15) is 0 Å². The first-order valence-electron chi connectivity index (χ1n) is 5.85. The van der Waals surface area contributed by atoms with Gasteiger partial charge in [-0.3, -0.25) is 9.59 Å². The van der Waals surface area contributed by atoms with Crippen molar-refractivity contribution in [2.24, 2.45) is 0 Å². The molecule has 0 aliphatic heterocycles. The highest BCUT2D eigenvalue weighted by molar-refractivity contribution is 9.10. The minimum Gasteiger partial charge on any atom is -0.481 e. The molecule has 7 nitrogen and oxygen atoms in total. The van der Waals surface area contributed by atoms with Gasteiger partial charge in [-0.15, -0.1) is 0 Å². The van der Waals surface area contributed by atoms with Gasteiger partial charge < -0.3 is 20.1 Å². The Morgan fingerprint density at radius 1 is 1.35 bits per heavy atom. The number of amides is 1. The number of aliphatic carboxylic acids is 2. The third-order valence-corrected chi connectivity index (χ3v) is 3.02. The minimum absolute atomic E-state index is 0.00445. The maximum atomic E-state index is 12.1. The second-order valence-corrected chi connectivity index (χ2v) is 5.42. The average molecular weight is 347 g/mol. The fourth-order valence-electron chi connectivity index (χ4n) is 1.66.